The van der Waals surface area contributed by atoms with Gasteiger partial charge in [0, 0.05) is 41.5 Å². The van der Waals surface area contributed by atoms with Gasteiger partial charge < -0.3 is 15.0 Å². The molecular formula is C23H24FN5O. The average Bonchev–Trinajstić information content (AvgIpc) is 3.40. The lowest BCUT2D eigenvalue weighted by Gasteiger charge is -2.40. The fraction of sp³-hybridized carbons (Fsp3) is 0.348. The number of hydrogen-bond acceptors (Lipinski definition) is 5. The zero-order valence-electron chi connectivity index (χ0n) is 16.8. The number of nitrogens with zero attached hydrogens (tertiary/aromatic N) is 4. The van der Waals surface area contributed by atoms with Crippen molar-refractivity contribution >= 4 is 5.57 Å². The fourth-order valence-corrected chi connectivity index (χ4v) is 4.80. The van der Waals surface area contributed by atoms with Crippen LogP contribution >= 0.6 is 0 Å². The van der Waals surface area contributed by atoms with E-state index in [9.17, 15) is 5.11 Å². The normalized spacial score (nSPS) is 27.9. The van der Waals surface area contributed by atoms with Crippen LogP contribution in [0.4, 0.5) is 4.39 Å². The largest absolute Gasteiger partial charge is 0.507 e. The summed E-state index contributed by atoms with van der Waals surface area (Å²) in [6.45, 7) is 6.12. The molecule has 154 valence electrons. The second-order valence-electron chi connectivity index (χ2n) is 8.52. The predicted octanol–water partition coefficient (Wildman–Crippen LogP) is 3.92. The van der Waals surface area contributed by atoms with Crippen LogP contribution in [0.5, 0.6) is 5.75 Å². The number of phenolic OH excluding ortho intramolecular Hbond substituents is 1. The van der Waals surface area contributed by atoms with Gasteiger partial charge in [-0.25, -0.2) is 9.37 Å². The Morgan fingerprint density at radius 2 is 2.20 bits per heavy atom. The van der Waals surface area contributed by atoms with Gasteiger partial charge in [0.05, 0.1) is 35.8 Å². The van der Waals surface area contributed by atoms with Gasteiger partial charge in [0.15, 0.2) is 0 Å². The van der Waals surface area contributed by atoms with Gasteiger partial charge in [-0.2, -0.15) is 0 Å². The van der Waals surface area contributed by atoms with E-state index in [4.69, 9.17) is 0 Å². The number of allylic oxidation sites excluding steroid dienone is 1. The molecule has 4 atom stereocenters. The van der Waals surface area contributed by atoms with E-state index in [0.29, 0.717) is 28.6 Å². The second kappa shape index (κ2) is 7.02. The number of rotatable bonds is 4. The van der Waals surface area contributed by atoms with E-state index in [1.165, 1.54) is 0 Å². The van der Waals surface area contributed by atoms with Crippen molar-refractivity contribution in [3.05, 3.63) is 61.6 Å². The van der Waals surface area contributed by atoms with Crippen molar-refractivity contribution in [3.8, 4) is 22.7 Å². The highest BCUT2D eigenvalue weighted by molar-refractivity contribution is 5.69. The van der Waals surface area contributed by atoms with Crippen molar-refractivity contribution in [1.82, 2.24) is 24.8 Å². The molecule has 1 unspecified atom stereocenters. The van der Waals surface area contributed by atoms with Gasteiger partial charge in [0.1, 0.15) is 11.9 Å². The Morgan fingerprint density at radius 3 is 2.90 bits per heavy atom. The van der Waals surface area contributed by atoms with E-state index < -0.39 is 11.7 Å². The van der Waals surface area contributed by atoms with Crippen LogP contribution in [0.15, 0.2) is 55.9 Å². The van der Waals surface area contributed by atoms with Crippen LogP contribution in [0.2, 0.25) is 0 Å². The number of aromatic hydroxyl groups is 1. The number of halogens is 1. The number of piperidine rings is 1. The van der Waals surface area contributed by atoms with Gasteiger partial charge in [0.25, 0.3) is 0 Å². The van der Waals surface area contributed by atoms with E-state index >= 15 is 4.39 Å². The zero-order chi connectivity index (χ0) is 20.9. The maximum atomic E-state index is 15.2. The molecule has 2 saturated heterocycles. The van der Waals surface area contributed by atoms with Crippen LogP contribution in [0.3, 0.4) is 0 Å². The second-order valence-corrected chi connectivity index (χ2v) is 8.52. The highest BCUT2D eigenvalue weighted by Gasteiger charge is 2.51. The molecule has 6 nitrogen and oxygen atoms in total. The van der Waals surface area contributed by atoms with Crippen LogP contribution in [0.25, 0.3) is 22.5 Å². The first kappa shape index (κ1) is 18.9. The third-order valence-electron chi connectivity index (χ3n) is 6.53. The molecule has 4 heterocycles. The summed E-state index contributed by atoms with van der Waals surface area (Å²) in [4.78, 5) is 13.0. The third-order valence-corrected chi connectivity index (χ3v) is 6.53. The lowest BCUT2D eigenvalue weighted by atomic mass is 9.78. The molecule has 2 fully saturated rings. The molecule has 0 amide bonds. The summed E-state index contributed by atoms with van der Waals surface area (Å²) in [6, 6.07) is 5.67. The Hall–Kier alpha value is -3.06. The zero-order valence-corrected chi connectivity index (χ0v) is 16.8. The summed E-state index contributed by atoms with van der Waals surface area (Å²) >= 11 is 0. The number of fused-ring (bicyclic) bond motifs is 2. The first-order valence-electron chi connectivity index (χ1n) is 10.2. The molecule has 1 aromatic carbocycles. The Labute approximate surface area is 174 Å². The number of benzene rings is 1. The van der Waals surface area contributed by atoms with Gasteiger partial charge in [-0.05, 0) is 43.9 Å². The van der Waals surface area contributed by atoms with Gasteiger partial charge in [-0.3, -0.25) is 9.97 Å². The van der Waals surface area contributed by atoms with E-state index in [-0.39, 0.29) is 11.7 Å². The SMILES string of the molecule is C=C(c1cnc(-c2ccc(-n3ccnc3)cc2O)cn1)[C@@H]1CC2CC[C@](C)(N2)[C@@H]1F. The van der Waals surface area contributed by atoms with E-state index in [2.05, 4.69) is 26.8 Å². The van der Waals surface area contributed by atoms with Crippen LogP contribution in [-0.4, -0.2) is 42.4 Å². The van der Waals surface area contributed by atoms with Crippen molar-refractivity contribution in [2.24, 2.45) is 5.92 Å². The molecule has 2 aliphatic rings. The molecule has 30 heavy (non-hydrogen) atoms. The maximum absolute atomic E-state index is 15.2. The van der Waals surface area contributed by atoms with Crippen molar-refractivity contribution in [2.75, 3.05) is 0 Å². The fourth-order valence-electron chi connectivity index (χ4n) is 4.80. The highest BCUT2D eigenvalue weighted by atomic mass is 19.1. The molecule has 0 spiro atoms. The van der Waals surface area contributed by atoms with Crippen molar-refractivity contribution in [2.45, 2.75) is 43.9 Å². The minimum absolute atomic E-state index is 0.105. The molecule has 2 N–H and O–H groups in total. The number of nitrogens with one attached hydrogen (secondary N) is 1. The van der Waals surface area contributed by atoms with Crippen molar-refractivity contribution < 1.29 is 9.50 Å². The molecule has 2 aromatic heterocycles. The monoisotopic (exact) mass is 405 g/mol. The first-order chi connectivity index (χ1) is 14.4. The number of imidazole rings is 1. The summed E-state index contributed by atoms with van der Waals surface area (Å²) in [7, 11) is 0. The van der Waals surface area contributed by atoms with Crippen LogP contribution in [0, 0.1) is 5.92 Å². The molecule has 2 aliphatic heterocycles. The van der Waals surface area contributed by atoms with Gasteiger partial charge in [-0.15, -0.1) is 0 Å². The van der Waals surface area contributed by atoms with E-state index in [0.717, 1.165) is 24.9 Å². The predicted molar refractivity (Wildman–Crippen MR) is 113 cm³/mol. The highest BCUT2D eigenvalue weighted by Crippen LogP contribution is 2.45. The molecule has 0 radical (unpaired) electrons. The Bertz CT molecular complexity index is 1080. The average molecular weight is 405 g/mol. The molecule has 3 aromatic rings. The van der Waals surface area contributed by atoms with E-state index in [1.807, 2.05) is 17.6 Å². The van der Waals surface area contributed by atoms with Gasteiger partial charge in [-0.1, -0.05) is 6.58 Å². The molecule has 2 bridgehead atoms. The summed E-state index contributed by atoms with van der Waals surface area (Å²) in [5.74, 6) is -0.152. The van der Waals surface area contributed by atoms with Gasteiger partial charge >= 0.3 is 0 Å². The van der Waals surface area contributed by atoms with Gasteiger partial charge in [0.2, 0.25) is 0 Å². The summed E-state index contributed by atoms with van der Waals surface area (Å²) in [5, 5.41) is 13.9. The quantitative estimate of drug-likeness (QED) is 0.688. The maximum Gasteiger partial charge on any atom is 0.127 e. The Balaban J connectivity index is 1.38. The van der Waals surface area contributed by atoms with Crippen molar-refractivity contribution in [3.63, 3.8) is 0 Å². The smallest absolute Gasteiger partial charge is 0.127 e. The van der Waals surface area contributed by atoms with E-state index in [1.54, 1.807) is 43.2 Å². The standard InChI is InChI=1S/C23H24FN5O/c1-14(18-9-15-5-6-23(2,28-15)22(18)24)19-11-27-20(12-26-19)17-4-3-16(10-21(17)30)29-8-7-25-13-29/h3-4,7-8,10-13,15,18,22,28,30H,1,5-6,9H2,2H3/t15?,18-,22+,23-/m0/s1. The number of hydrogen-bond donors (Lipinski definition) is 2. The lowest BCUT2D eigenvalue weighted by Crippen LogP contribution is -2.56. The minimum Gasteiger partial charge on any atom is -0.507 e. The Kier molecular flexibility index (Phi) is 4.43. The molecule has 0 aliphatic carbocycles. The number of alkyl halides is 1. The van der Waals surface area contributed by atoms with Crippen molar-refractivity contribution in [1.29, 1.82) is 0 Å². The topological polar surface area (TPSA) is 75.9 Å². The van der Waals surface area contributed by atoms with Crippen LogP contribution < -0.4 is 5.32 Å². The first-order valence-corrected chi connectivity index (χ1v) is 10.2. The molecule has 0 saturated carbocycles. The van der Waals surface area contributed by atoms with Crippen LogP contribution in [0.1, 0.15) is 31.9 Å². The summed E-state index contributed by atoms with van der Waals surface area (Å²) in [5.41, 5.74) is 2.75. The minimum atomic E-state index is -0.995. The summed E-state index contributed by atoms with van der Waals surface area (Å²) < 4.78 is 17.0. The number of phenols is 1. The molecule has 5 rings (SSSR count). The molecular weight excluding hydrogens is 381 g/mol. The lowest BCUT2D eigenvalue weighted by molar-refractivity contribution is 0.103. The Morgan fingerprint density at radius 1 is 1.33 bits per heavy atom. The van der Waals surface area contributed by atoms with Crippen LogP contribution in [-0.2, 0) is 0 Å². The summed E-state index contributed by atoms with van der Waals surface area (Å²) in [6.07, 6.45) is 9.97. The molecule has 7 heteroatoms. The number of aromatic nitrogens is 4. The third kappa shape index (κ3) is 3.10.